The number of nitrogens with zero attached hydrogens (tertiary/aromatic N) is 3. The Morgan fingerprint density at radius 1 is 0.971 bits per heavy atom. The van der Waals surface area contributed by atoms with Crippen LogP contribution in [0.4, 0.5) is 4.79 Å². The zero-order chi connectivity index (χ0) is 24.8. The number of piperazine rings is 1. The van der Waals surface area contributed by atoms with Crippen LogP contribution in [0.2, 0.25) is 0 Å². The molecule has 1 aromatic carbocycles. The van der Waals surface area contributed by atoms with Crippen LogP contribution in [0, 0.1) is 5.92 Å². The highest BCUT2D eigenvalue weighted by molar-refractivity contribution is 5.75. The third kappa shape index (κ3) is 6.28. The molecule has 0 spiro atoms. The zero-order valence-corrected chi connectivity index (χ0v) is 22.3. The molecule has 2 saturated heterocycles. The molecule has 2 unspecified atom stereocenters. The van der Waals surface area contributed by atoms with Crippen LogP contribution < -0.4 is 10.6 Å². The van der Waals surface area contributed by atoms with Gasteiger partial charge in [-0.3, -0.25) is 9.80 Å². The number of piperidine rings is 1. The number of amides is 2. The van der Waals surface area contributed by atoms with E-state index in [1.54, 1.807) is 0 Å². The largest absolute Gasteiger partial charge is 0.371 e. The van der Waals surface area contributed by atoms with Gasteiger partial charge >= 0.3 is 6.03 Å². The Balaban J connectivity index is 1.25. The van der Waals surface area contributed by atoms with Gasteiger partial charge in [0, 0.05) is 70.5 Å². The minimum atomic E-state index is -0.376. The monoisotopic (exact) mass is 479 g/mol. The Bertz CT molecular complexity index is 912. The van der Waals surface area contributed by atoms with E-state index in [-0.39, 0.29) is 17.5 Å². The molecule has 3 aliphatic rings. The first kappa shape index (κ1) is 25.8. The molecule has 0 saturated carbocycles. The van der Waals surface area contributed by atoms with E-state index in [2.05, 4.69) is 89.4 Å². The number of carbonyl (C=O) groups is 1. The predicted octanol–water partition coefficient (Wildman–Crippen LogP) is 4.22. The molecule has 2 aliphatic heterocycles. The van der Waals surface area contributed by atoms with Gasteiger partial charge in [-0.05, 0) is 56.7 Å². The molecule has 0 bridgehead atoms. The average Bonchev–Trinajstić information content (AvgIpc) is 2.85. The highest BCUT2D eigenvalue weighted by atomic mass is 16.2. The molecule has 2 atom stereocenters. The van der Waals surface area contributed by atoms with Crippen molar-refractivity contribution in [1.82, 2.24) is 25.3 Å². The Kier molecular flexibility index (Phi) is 8.55. The highest BCUT2D eigenvalue weighted by Crippen LogP contribution is 2.39. The minimum absolute atomic E-state index is 0.0626. The van der Waals surface area contributed by atoms with Crippen LogP contribution >= 0.6 is 0 Å². The smallest absolute Gasteiger partial charge is 0.315 e. The van der Waals surface area contributed by atoms with E-state index < -0.39 is 0 Å². The maximum atomic E-state index is 13.0. The van der Waals surface area contributed by atoms with Crippen molar-refractivity contribution in [1.29, 1.82) is 0 Å². The molecule has 2 fully saturated rings. The van der Waals surface area contributed by atoms with E-state index in [9.17, 15) is 4.79 Å². The van der Waals surface area contributed by atoms with Crippen molar-refractivity contribution in [2.45, 2.75) is 59.0 Å². The first-order chi connectivity index (χ1) is 16.9. The predicted molar refractivity (Wildman–Crippen MR) is 144 cm³/mol. The van der Waals surface area contributed by atoms with Gasteiger partial charge < -0.3 is 15.5 Å². The Hall–Kier alpha value is -2.31. The van der Waals surface area contributed by atoms with Crippen LogP contribution in [-0.2, 0) is 6.54 Å². The van der Waals surface area contributed by atoms with Gasteiger partial charge in [0.05, 0.1) is 5.54 Å². The third-order valence-corrected chi connectivity index (χ3v) is 8.39. The quantitative estimate of drug-likeness (QED) is 0.615. The van der Waals surface area contributed by atoms with Crippen molar-refractivity contribution < 1.29 is 4.79 Å². The Labute approximate surface area is 212 Å². The first-order valence-corrected chi connectivity index (χ1v) is 13.6. The maximum Gasteiger partial charge on any atom is 0.315 e. The van der Waals surface area contributed by atoms with E-state index in [4.69, 9.17) is 0 Å². The number of hydrogen-bond donors (Lipinski definition) is 2. The second kappa shape index (κ2) is 11.6. The van der Waals surface area contributed by atoms with Crippen LogP contribution in [0.25, 0.3) is 0 Å². The molecule has 35 heavy (non-hydrogen) atoms. The lowest BCUT2D eigenvalue weighted by Gasteiger charge is -2.44. The summed E-state index contributed by atoms with van der Waals surface area (Å²) in [5.74, 6) is 0.250. The molecule has 2 heterocycles. The molecule has 1 aliphatic carbocycles. The number of nitrogens with one attached hydrogen (secondary N) is 2. The van der Waals surface area contributed by atoms with Gasteiger partial charge in [-0.1, -0.05) is 43.3 Å². The molecule has 4 rings (SSSR count). The van der Waals surface area contributed by atoms with Crippen molar-refractivity contribution in [3.8, 4) is 0 Å². The summed E-state index contributed by atoms with van der Waals surface area (Å²) in [5, 5.41) is 6.49. The van der Waals surface area contributed by atoms with Crippen molar-refractivity contribution in [3.05, 3.63) is 58.8 Å². The fourth-order valence-electron chi connectivity index (χ4n) is 5.94. The molecule has 2 N–H and O–H groups in total. The van der Waals surface area contributed by atoms with Crippen LogP contribution in [0.1, 0.15) is 52.5 Å². The molecule has 1 aromatic rings. The van der Waals surface area contributed by atoms with Crippen LogP contribution in [0.15, 0.2) is 53.3 Å². The van der Waals surface area contributed by atoms with Crippen LogP contribution in [0.5, 0.6) is 0 Å². The summed E-state index contributed by atoms with van der Waals surface area (Å²) in [6, 6.07) is 10.6. The SMILES string of the molecule is CC1=CC(C)C(C)(NC(=O)NCCN2CCN(Cc3ccccc3)CC2)C(C)=C1N1CCCCC1. The summed E-state index contributed by atoms with van der Waals surface area (Å²) in [4.78, 5) is 20.5. The number of hydrogen-bond acceptors (Lipinski definition) is 4. The lowest BCUT2D eigenvalue weighted by molar-refractivity contribution is 0.128. The van der Waals surface area contributed by atoms with Crippen LogP contribution in [0.3, 0.4) is 0 Å². The number of benzene rings is 1. The number of rotatable bonds is 7. The van der Waals surface area contributed by atoms with Crippen molar-refractivity contribution in [2.24, 2.45) is 5.92 Å². The van der Waals surface area contributed by atoms with E-state index in [0.29, 0.717) is 6.54 Å². The van der Waals surface area contributed by atoms with Gasteiger partial charge in [0.2, 0.25) is 0 Å². The van der Waals surface area contributed by atoms with Crippen molar-refractivity contribution >= 4 is 6.03 Å². The molecule has 192 valence electrons. The molecule has 0 radical (unpaired) electrons. The maximum absolute atomic E-state index is 13.0. The molecule has 6 nitrogen and oxygen atoms in total. The summed E-state index contributed by atoms with van der Waals surface area (Å²) < 4.78 is 0. The van der Waals surface area contributed by atoms with Gasteiger partial charge in [0.25, 0.3) is 0 Å². The molecule has 6 heteroatoms. The number of allylic oxidation sites excluding steroid dienone is 1. The fraction of sp³-hybridized carbons (Fsp3) is 0.621. The highest BCUT2D eigenvalue weighted by Gasteiger charge is 2.39. The molecule has 2 amide bonds. The summed E-state index contributed by atoms with van der Waals surface area (Å²) in [5.41, 5.74) is 4.99. The van der Waals surface area contributed by atoms with Gasteiger partial charge in [-0.2, -0.15) is 0 Å². The first-order valence-electron chi connectivity index (χ1n) is 13.6. The topological polar surface area (TPSA) is 50.9 Å². The number of urea groups is 1. The molecular weight excluding hydrogens is 434 g/mol. The summed E-state index contributed by atoms with van der Waals surface area (Å²) >= 11 is 0. The van der Waals surface area contributed by atoms with Gasteiger partial charge in [0.15, 0.2) is 0 Å². The second-order valence-corrected chi connectivity index (χ2v) is 10.8. The Morgan fingerprint density at radius 2 is 1.63 bits per heavy atom. The van der Waals surface area contributed by atoms with E-state index in [1.807, 2.05) is 0 Å². The zero-order valence-electron chi connectivity index (χ0n) is 22.3. The van der Waals surface area contributed by atoms with E-state index in [1.165, 1.54) is 41.7 Å². The third-order valence-electron chi connectivity index (χ3n) is 8.39. The normalized spacial score (nSPS) is 26.5. The lowest BCUT2D eigenvalue weighted by Crippen LogP contribution is -2.57. The molecule has 0 aromatic heterocycles. The second-order valence-electron chi connectivity index (χ2n) is 10.8. The summed E-state index contributed by atoms with van der Waals surface area (Å²) in [6.07, 6.45) is 6.17. The molecular formula is C29H45N5O. The van der Waals surface area contributed by atoms with Gasteiger partial charge in [0.1, 0.15) is 0 Å². The van der Waals surface area contributed by atoms with E-state index >= 15 is 0 Å². The van der Waals surface area contributed by atoms with Crippen LogP contribution in [-0.4, -0.2) is 78.6 Å². The number of likely N-dealkylation sites (tertiary alicyclic amines) is 1. The lowest BCUT2D eigenvalue weighted by atomic mass is 9.74. The summed E-state index contributed by atoms with van der Waals surface area (Å²) in [7, 11) is 0. The Morgan fingerprint density at radius 3 is 2.31 bits per heavy atom. The van der Waals surface area contributed by atoms with Crippen molar-refractivity contribution in [2.75, 3.05) is 52.4 Å². The standard InChI is InChI=1S/C29H45N5O/c1-23-21-24(2)29(4,25(3)27(23)34-14-9-6-10-15-34)31-28(35)30-13-16-32-17-19-33(20-18-32)22-26-11-7-5-8-12-26/h5,7-8,11-12,21,24H,6,9-10,13-20,22H2,1-4H3,(H2,30,31,35). The minimum Gasteiger partial charge on any atom is -0.371 e. The van der Waals surface area contributed by atoms with Gasteiger partial charge in [-0.25, -0.2) is 4.79 Å². The fourth-order valence-corrected chi connectivity index (χ4v) is 5.94. The summed E-state index contributed by atoms with van der Waals surface area (Å²) in [6.45, 7) is 17.9. The average molecular weight is 480 g/mol. The van der Waals surface area contributed by atoms with Crippen molar-refractivity contribution in [3.63, 3.8) is 0 Å². The van der Waals surface area contributed by atoms with E-state index in [0.717, 1.165) is 52.4 Å². The van der Waals surface area contributed by atoms with Gasteiger partial charge in [-0.15, -0.1) is 0 Å². The number of carbonyl (C=O) groups excluding carboxylic acids is 1.